The Bertz CT molecular complexity index is 1620. The normalized spacial score (nSPS) is 11.2. The maximum absolute atomic E-state index is 12.5. The summed E-state index contributed by atoms with van der Waals surface area (Å²) in [4.78, 5) is 15.4. The molecule has 268 valence electrons. The van der Waals surface area contributed by atoms with Crippen molar-refractivity contribution in [1.82, 2.24) is 0 Å². The van der Waals surface area contributed by atoms with Gasteiger partial charge in [0.05, 0.1) is 6.54 Å². The lowest BCUT2D eigenvalue weighted by atomic mass is 10.2. The molecule has 0 spiro atoms. The van der Waals surface area contributed by atoms with E-state index in [1.165, 1.54) is 12.1 Å². The number of terminal acetylenes is 1. The number of aliphatic imine (C=N–C) groups is 1. The third kappa shape index (κ3) is 17.0. The van der Waals surface area contributed by atoms with Crippen molar-refractivity contribution in [3.8, 4) is 35.3 Å². The van der Waals surface area contributed by atoms with E-state index >= 15 is 0 Å². The zero-order valence-electron chi connectivity index (χ0n) is 29.2. The van der Waals surface area contributed by atoms with Gasteiger partial charge in [-0.2, -0.15) is 0 Å². The minimum Gasteiger partial charge on any atom is -0.489 e. The molecule has 0 aliphatic carbocycles. The summed E-state index contributed by atoms with van der Waals surface area (Å²) in [6, 6.07) is 17.4. The van der Waals surface area contributed by atoms with Gasteiger partial charge in [-0.05, 0) is 99.0 Å². The molecule has 0 aliphatic heterocycles. The fraction of sp³-hybridized carbons (Fsp3) is 0.282. The summed E-state index contributed by atoms with van der Waals surface area (Å²) in [6.45, 7) is 15.3. The molecule has 0 unspecified atom stereocenters. The molecule has 3 aromatic rings. The summed E-state index contributed by atoms with van der Waals surface area (Å²) >= 11 is 0. The van der Waals surface area contributed by atoms with Crippen molar-refractivity contribution in [2.24, 2.45) is 4.99 Å². The van der Waals surface area contributed by atoms with Gasteiger partial charge in [-0.3, -0.25) is 0 Å². The van der Waals surface area contributed by atoms with Crippen LogP contribution in [0.3, 0.4) is 0 Å². The minimum atomic E-state index is -4.81. The van der Waals surface area contributed by atoms with Crippen molar-refractivity contribution in [3.05, 3.63) is 114 Å². The number of aryl methyl sites for hydroxylation is 1. The predicted octanol–water partition coefficient (Wildman–Crippen LogP) is 9.59. The van der Waals surface area contributed by atoms with Gasteiger partial charge in [0.15, 0.2) is 13.2 Å². The van der Waals surface area contributed by atoms with Crippen LogP contribution in [0.25, 0.3) is 5.76 Å². The number of hydrogen-bond donors (Lipinski definition) is 1. The summed E-state index contributed by atoms with van der Waals surface area (Å²) in [5.74, 6) is 2.62. The molecule has 0 heterocycles. The first-order chi connectivity index (χ1) is 23.9. The molecule has 1 N–H and O–H groups in total. The topological polar surface area (TPSA) is 95.8 Å². The fourth-order valence-corrected chi connectivity index (χ4v) is 3.79. The fourth-order valence-electron chi connectivity index (χ4n) is 3.79. The maximum atomic E-state index is 12.5. The van der Waals surface area contributed by atoms with Crippen molar-refractivity contribution in [3.63, 3.8) is 0 Å². The van der Waals surface area contributed by atoms with Crippen LogP contribution in [-0.2, 0) is 16.1 Å². The van der Waals surface area contributed by atoms with E-state index in [0.29, 0.717) is 35.0 Å². The van der Waals surface area contributed by atoms with Crippen LogP contribution in [0, 0.1) is 19.3 Å². The first kappa shape index (κ1) is 42.4. The second kappa shape index (κ2) is 22.9. The molecule has 0 radical (unpaired) electrons. The van der Waals surface area contributed by atoms with Gasteiger partial charge in [-0.1, -0.05) is 50.8 Å². The van der Waals surface area contributed by atoms with E-state index in [1.807, 2.05) is 70.2 Å². The molecular weight excluding hydrogens is 651 g/mol. The second-order valence-electron chi connectivity index (χ2n) is 9.79. The zero-order chi connectivity index (χ0) is 37.5. The Hall–Kier alpha value is -5.63. The van der Waals surface area contributed by atoms with Crippen LogP contribution < -0.4 is 18.9 Å². The van der Waals surface area contributed by atoms with Gasteiger partial charge in [0, 0.05) is 5.56 Å². The predicted molar refractivity (Wildman–Crippen MR) is 191 cm³/mol. The molecule has 0 saturated heterocycles. The number of hydrogen-bond acceptors (Lipinski definition) is 7. The lowest BCUT2D eigenvalue weighted by Crippen LogP contribution is -2.17. The van der Waals surface area contributed by atoms with E-state index in [2.05, 4.69) is 28.7 Å². The molecule has 3 rings (SSSR count). The lowest BCUT2D eigenvalue weighted by Gasteiger charge is -2.15. The number of carboxylic acids is 1. The van der Waals surface area contributed by atoms with E-state index in [1.54, 1.807) is 32.0 Å². The van der Waals surface area contributed by atoms with Gasteiger partial charge in [-0.25, -0.2) is 9.79 Å². The van der Waals surface area contributed by atoms with Crippen molar-refractivity contribution >= 4 is 17.6 Å². The molecule has 0 amide bonds. The molecule has 0 saturated carbocycles. The highest BCUT2D eigenvalue weighted by atomic mass is 19.4. The van der Waals surface area contributed by atoms with Crippen LogP contribution in [0.2, 0.25) is 0 Å². The number of nitrogens with zero attached hydrogens (tertiary/aromatic N) is 1. The van der Waals surface area contributed by atoms with E-state index in [4.69, 9.17) is 24.1 Å². The highest BCUT2D eigenvalue weighted by molar-refractivity contribution is 5.83. The van der Waals surface area contributed by atoms with Crippen LogP contribution in [0.4, 0.5) is 13.2 Å². The van der Waals surface area contributed by atoms with Gasteiger partial charge >= 0.3 is 12.3 Å². The highest BCUT2D eigenvalue weighted by Crippen LogP contribution is 2.26. The van der Waals surface area contributed by atoms with Crippen LogP contribution in [0.15, 0.2) is 102 Å². The molecule has 8 nitrogen and oxygen atoms in total. The summed E-state index contributed by atoms with van der Waals surface area (Å²) in [6.07, 6.45) is 5.70. The van der Waals surface area contributed by atoms with Gasteiger partial charge in [0.25, 0.3) is 0 Å². The second-order valence-corrected chi connectivity index (χ2v) is 9.79. The number of rotatable bonds is 15. The van der Waals surface area contributed by atoms with Crippen molar-refractivity contribution < 1.29 is 46.8 Å². The Morgan fingerprint density at radius 2 is 1.50 bits per heavy atom. The quantitative estimate of drug-likeness (QED) is 0.0556. The molecular formula is C39H44F3NO7. The molecule has 0 bridgehead atoms. The number of benzene rings is 3. The number of ether oxygens (including phenoxy) is 5. The Kier molecular flexibility index (Phi) is 19.4. The maximum Gasteiger partial charge on any atom is 0.573 e. The molecule has 0 fully saturated rings. The smallest absolute Gasteiger partial charge is 0.489 e. The first-order valence-corrected chi connectivity index (χ1v) is 15.6. The summed E-state index contributed by atoms with van der Waals surface area (Å²) in [5, 5.41) is 8.85. The standard InChI is InChI=1S/C34H34F3NO7.C3H4.C2H6/c1-5-7-25(6-2)20-41-28-12-8-26(9-13-28)19-38-32(21-42-30-16-17-31(23(3)18-30)43-22-33(39)40)44-24(4)27-10-14-29(15-11-27)45-34(35,36)37;1-3-2;1-2/h5-18H,4,19-22H2,1-3H3,(H,39,40);1H,2H3;1-2H3/b7-5-,25-6+,38-32?;;. The van der Waals surface area contributed by atoms with Gasteiger partial charge in [0.1, 0.15) is 35.4 Å². The Morgan fingerprint density at radius 1 is 0.920 bits per heavy atom. The average Bonchev–Trinajstić information content (AvgIpc) is 3.08. The van der Waals surface area contributed by atoms with Gasteiger partial charge in [0.2, 0.25) is 5.90 Å². The summed E-state index contributed by atoms with van der Waals surface area (Å²) in [5.41, 5.74) is 2.98. The van der Waals surface area contributed by atoms with E-state index in [9.17, 15) is 18.0 Å². The van der Waals surface area contributed by atoms with Crippen LogP contribution >= 0.6 is 0 Å². The first-order valence-electron chi connectivity index (χ1n) is 15.6. The van der Waals surface area contributed by atoms with Crippen molar-refractivity contribution in [2.75, 3.05) is 19.8 Å². The van der Waals surface area contributed by atoms with E-state index in [-0.39, 0.29) is 30.6 Å². The Labute approximate surface area is 292 Å². The number of allylic oxidation sites excluding steroid dienone is 2. The number of halogens is 3. The van der Waals surface area contributed by atoms with E-state index in [0.717, 1.165) is 23.3 Å². The molecule has 0 aromatic heterocycles. The Balaban J connectivity index is 0.00000237. The molecule has 3 aromatic carbocycles. The number of alkyl halides is 3. The molecule has 0 aliphatic rings. The summed E-state index contributed by atoms with van der Waals surface area (Å²) in [7, 11) is 0. The largest absolute Gasteiger partial charge is 0.573 e. The van der Waals surface area contributed by atoms with Crippen LogP contribution in [-0.4, -0.2) is 43.2 Å². The third-order valence-electron chi connectivity index (χ3n) is 6.03. The SMILES string of the molecule is C#CC.C=C(OC(COc1ccc(OCC(=O)O)c(C)c1)=NCc1ccc(OCC(/C=C\C)=C/C)cc1)c1ccc(OC(F)(F)F)cc1.CC. The highest BCUT2D eigenvalue weighted by Gasteiger charge is 2.31. The van der Waals surface area contributed by atoms with Crippen LogP contribution in [0.5, 0.6) is 23.0 Å². The summed E-state index contributed by atoms with van der Waals surface area (Å²) < 4.78 is 64.4. The lowest BCUT2D eigenvalue weighted by molar-refractivity contribution is -0.274. The minimum absolute atomic E-state index is 0.110. The number of aliphatic carboxylic acids is 1. The van der Waals surface area contributed by atoms with E-state index < -0.39 is 18.9 Å². The molecule has 11 heteroatoms. The third-order valence-corrected chi connectivity index (χ3v) is 6.03. The number of carboxylic acid groups (broad SMARTS) is 1. The molecule has 0 atom stereocenters. The zero-order valence-corrected chi connectivity index (χ0v) is 29.2. The Morgan fingerprint density at radius 3 is 2.04 bits per heavy atom. The molecule has 50 heavy (non-hydrogen) atoms. The number of carbonyl (C=O) groups is 1. The van der Waals surface area contributed by atoms with Crippen molar-refractivity contribution in [2.45, 2.75) is 54.4 Å². The van der Waals surface area contributed by atoms with Crippen LogP contribution in [0.1, 0.15) is 51.3 Å². The monoisotopic (exact) mass is 695 g/mol. The van der Waals surface area contributed by atoms with Crippen molar-refractivity contribution in [1.29, 1.82) is 0 Å². The van der Waals surface area contributed by atoms with Gasteiger partial charge < -0.3 is 28.8 Å². The average molecular weight is 696 g/mol. The van der Waals surface area contributed by atoms with Gasteiger partial charge in [-0.15, -0.1) is 25.5 Å².